The molecule has 6 nitrogen and oxygen atoms in total. The Morgan fingerprint density at radius 2 is 2.05 bits per heavy atom. The molecule has 0 fully saturated rings. The lowest BCUT2D eigenvalue weighted by molar-refractivity contribution is -0.136. The zero-order valence-corrected chi connectivity index (χ0v) is 12.3. The predicted molar refractivity (Wildman–Crippen MR) is 76.6 cm³/mol. The Morgan fingerprint density at radius 3 is 2.81 bits per heavy atom. The number of hydrogen-bond acceptors (Lipinski definition) is 4. The lowest BCUT2D eigenvalue weighted by Crippen LogP contribution is -2.14. The summed E-state index contributed by atoms with van der Waals surface area (Å²) in [7, 11) is 0. The van der Waals surface area contributed by atoms with E-state index in [0.29, 0.717) is 0 Å². The van der Waals surface area contributed by atoms with Gasteiger partial charge in [-0.05, 0) is 39.5 Å². The third-order valence-electron chi connectivity index (χ3n) is 4.07. The maximum absolute atomic E-state index is 11.0. The van der Waals surface area contributed by atoms with Crippen LogP contribution in [-0.4, -0.2) is 30.8 Å². The van der Waals surface area contributed by atoms with Crippen molar-refractivity contribution in [3.63, 3.8) is 0 Å². The molecule has 0 saturated heterocycles. The molecule has 0 bridgehead atoms. The number of rotatable bonds is 3. The molecule has 0 atom stereocenters. The summed E-state index contributed by atoms with van der Waals surface area (Å²) in [6.45, 7) is 3.74. The molecule has 1 N–H and O–H groups in total. The highest BCUT2D eigenvalue weighted by Gasteiger charge is 2.21. The van der Waals surface area contributed by atoms with Gasteiger partial charge >= 0.3 is 5.97 Å². The van der Waals surface area contributed by atoms with Gasteiger partial charge in [0.2, 0.25) is 0 Å². The Labute approximate surface area is 122 Å². The summed E-state index contributed by atoms with van der Waals surface area (Å²) in [5.74, 6) is -0.0394. The average molecular weight is 286 g/mol. The number of aromatic nitrogens is 4. The number of carbonyl (C=O) groups is 1. The minimum atomic E-state index is -0.842. The van der Waals surface area contributed by atoms with Crippen molar-refractivity contribution in [1.29, 1.82) is 0 Å². The van der Waals surface area contributed by atoms with Gasteiger partial charge in [0.25, 0.3) is 0 Å². The van der Waals surface area contributed by atoms with E-state index in [1.165, 1.54) is 0 Å². The molecular weight excluding hydrogens is 268 g/mol. The minimum Gasteiger partial charge on any atom is -0.481 e. The van der Waals surface area contributed by atoms with Gasteiger partial charge in [-0.15, -0.1) is 0 Å². The van der Waals surface area contributed by atoms with E-state index in [1.807, 2.05) is 13.8 Å². The highest BCUT2D eigenvalue weighted by molar-refractivity contribution is 5.71. The number of fused-ring (bicyclic) bond motifs is 1. The SMILES string of the molecule is Cc1nn(-c2ncnc3c2CCCC3)c(C)c1CC(=O)O. The molecule has 3 rings (SSSR count). The number of aliphatic carboxylic acids is 1. The largest absolute Gasteiger partial charge is 0.481 e. The third kappa shape index (κ3) is 2.41. The molecule has 0 spiro atoms. The number of hydrogen-bond donors (Lipinski definition) is 1. The standard InChI is InChI=1S/C15H18N4O2/c1-9-12(7-14(20)21)10(2)19(18-9)15-11-5-3-4-6-13(11)16-8-17-15/h8H,3-7H2,1-2H3,(H,20,21). The van der Waals surface area contributed by atoms with Gasteiger partial charge in [-0.2, -0.15) is 5.10 Å². The highest BCUT2D eigenvalue weighted by Crippen LogP contribution is 2.25. The lowest BCUT2D eigenvalue weighted by atomic mass is 9.96. The second-order valence-electron chi connectivity index (χ2n) is 5.46. The number of aryl methyl sites for hydroxylation is 2. The van der Waals surface area contributed by atoms with E-state index in [4.69, 9.17) is 5.11 Å². The van der Waals surface area contributed by atoms with Gasteiger partial charge in [-0.3, -0.25) is 4.79 Å². The Hall–Kier alpha value is -2.24. The molecule has 110 valence electrons. The van der Waals surface area contributed by atoms with Crippen LogP contribution in [0, 0.1) is 13.8 Å². The van der Waals surface area contributed by atoms with Gasteiger partial charge in [-0.25, -0.2) is 14.6 Å². The zero-order valence-electron chi connectivity index (χ0n) is 12.3. The maximum Gasteiger partial charge on any atom is 0.307 e. The molecule has 2 heterocycles. The fraction of sp³-hybridized carbons (Fsp3) is 0.467. The van der Waals surface area contributed by atoms with Crippen LogP contribution in [0.1, 0.15) is 41.1 Å². The third-order valence-corrected chi connectivity index (χ3v) is 4.07. The molecule has 0 saturated carbocycles. The molecule has 1 aliphatic rings. The second kappa shape index (κ2) is 5.27. The van der Waals surface area contributed by atoms with E-state index in [-0.39, 0.29) is 6.42 Å². The van der Waals surface area contributed by atoms with E-state index in [0.717, 1.165) is 59.7 Å². The molecule has 2 aromatic rings. The fourth-order valence-corrected chi connectivity index (χ4v) is 2.97. The number of carboxylic acids is 1. The van der Waals surface area contributed by atoms with Gasteiger partial charge in [0.1, 0.15) is 6.33 Å². The molecule has 21 heavy (non-hydrogen) atoms. The summed E-state index contributed by atoms with van der Waals surface area (Å²) in [4.78, 5) is 19.8. The first-order valence-corrected chi connectivity index (χ1v) is 7.18. The summed E-state index contributed by atoms with van der Waals surface area (Å²) in [6, 6.07) is 0. The van der Waals surface area contributed by atoms with Crippen molar-refractivity contribution in [2.24, 2.45) is 0 Å². The smallest absolute Gasteiger partial charge is 0.307 e. The van der Waals surface area contributed by atoms with Gasteiger partial charge in [-0.1, -0.05) is 0 Å². The van der Waals surface area contributed by atoms with E-state index >= 15 is 0 Å². The molecule has 1 aliphatic carbocycles. The Bertz CT molecular complexity index is 706. The van der Waals surface area contributed by atoms with E-state index < -0.39 is 5.97 Å². The Balaban J connectivity index is 2.11. The Kier molecular flexibility index (Phi) is 3.45. The van der Waals surface area contributed by atoms with Crippen LogP contribution in [0.15, 0.2) is 6.33 Å². The number of nitrogens with zero attached hydrogens (tertiary/aromatic N) is 4. The van der Waals surface area contributed by atoms with Crippen LogP contribution in [0.4, 0.5) is 0 Å². The minimum absolute atomic E-state index is 0.00899. The normalized spacial score (nSPS) is 14.0. The summed E-state index contributed by atoms with van der Waals surface area (Å²) >= 11 is 0. The lowest BCUT2D eigenvalue weighted by Gasteiger charge is -2.17. The highest BCUT2D eigenvalue weighted by atomic mass is 16.4. The predicted octanol–water partition coefficient (Wildman–Crippen LogP) is 1.79. The monoisotopic (exact) mass is 286 g/mol. The van der Waals surface area contributed by atoms with Crippen molar-refractivity contribution in [2.45, 2.75) is 46.0 Å². The zero-order chi connectivity index (χ0) is 15.0. The van der Waals surface area contributed by atoms with Gasteiger partial charge in [0, 0.05) is 22.5 Å². The van der Waals surface area contributed by atoms with E-state index in [1.54, 1.807) is 11.0 Å². The topological polar surface area (TPSA) is 80.9 Å². The first-order chi connectivity index (χ1) is 10.1. The first kappa shape index (κ1) is 13.7. The quantitative estimate of drug-likeness (QED) is 0.930. The van der Waals surface area contributed by atoms with Crippen molar-refractivity contribution < 1.29 is 9.90 Å². The summed E-state index contributed by atoms with van der Waals surface area (Å²) in [5.41, 5.74) is 4.61. The van der Waals surface area contributed by atoms with Crippen molar-refractivity contribution in [2.75, 3.05) is 0 Å². The van der Waals surface area contributed by atoms with Gasteiger partial charge in [0.05, 0.1) is 12.1 Å². The van der Waals surface area contributed by atoms with Crippen LogP contribution in [0.3, 0.4) is 0 Å². The van der Waals surface area contributed by atoms with Crippen LogP contribution in [-0.2, 0) is 24.1 Å². The van der Waals surface area contributed by atoms with E-state index in [9.17, 15) is 4.79 Å². The second-order valence-corrected chi connectivity index (χ2v) is 5.46. The van der Waals surface area contributed by atoms with Crippen molar-refractivity contribution in [3.8, 4) is 5.82 Å². The van der Waals surface area contributed by atoms with Crippen molar-refractivity contribution >= 4 is 5.97 Å². The van der Waals surface area contributed by atoms with Gasteiger partial charge < -0.3 is 5.11 Å². The van der Waals surface area contributed by atoms with Crippen molar-refractivity contribution in [1.82, 2.24) is 19.7 Å². The van der Waals surface area contributed by atoms with E-state index in [2.05, 4.69) is 15.1 Å². The average Bonchev–Trinajstić information content (AvgIpc) is 2.74. The number of carboxylic acid groups (broad SMARTS) is 1. The fourth-order valence-electron chi connectivity index (χ4n) is 2.97. The summed E-state index contributed by atoms with van der Waals surface area (Å²) in [5, 5.41) is 13.5. The van der Waals surface area contributed by atoms with Crippen LogP contribution < -0.4 is 0 Å². The van der Waals surface area contributed by atoms with Crippen LogP contribution in [0.25, 0.3) is 5.82 Å². The summed E-state index contributed by atoms with van der Waals surface area (Å²) in [6.07, 6.45) is 5.79. The molecular formula is C15H18N4O2. The molecule has 0 amide bonds. The van der Waals surface area contributed by atoms with Gasteiger partial charge in [0.15, 0.2) is 5.82 Å². The molecule has 0 aromatic carbocycles. The molecule has 6 heteroatoms. The molecule has 0 aliphatic heterocycles. The van der Waals surface area contributed by atoms with Crippen LogP contribution >= 0.6 is 0 Å². The van der Waals surface area contributed by atoms with Crippen molar-refractivity contribution in [3.05, 3.63) is 34.5 Å². The van der Waals surface area contributed by atoms with Crippen LogP contribution in [0.2, 0.25) is 0 Å². The molecule has 0 unspecified atom stereocenters. The maximum atomic E-state index is 11.0. The molecule has 0 radical (unpaired) electrons. The molecule has 2 aromatic heterocycles. The summed E-state index contributed by atoms with van der Waals surface area (Å²) < 4.78 is 1.78. The van der Waals surface area contributed by atoms with Crippen LogP contribution in [0.5, 0.6) is 0 Å². The Morgan fingerprint density at radius 1 is 1.29 bits per heavy atom. The first-order valence-electron chi connectivity index (χ1n) is 7.18.